The molecule has 21 heavy (non-hydrogen) atoms. The van der Waals surface area contributed by atoms with Gasteiger partial charge in [-0.1, -0.05) is 6.07 Å². The van der Waals surface area contributed by atoms with E-state index in [-0.39, 0.29) is 31.4 Å². The van der Waals surface area contributed by atoms with Gasteiger partial charge in [-0.05, 0) is 13.0 Å². The van der Waals surface area contributed by atoms with Gasteiger partial charge in [0.1, 0.15) is 0 Å². The summed E-state index contributed by atoms with van der Waals surface area (Å²) in [5.74, 6) is -1.17. The van der Waals surface area contributed by atoms with Crippen LogP contribution in [0.1, 0.15) is 17.3 Å². The predicted molar refractivity (Wildman–Crippen MR) is 72.1 cm³/mol. The van der Waals surface area contributed by atoms with Crippen molar-refractivity contribution in [3.8, 4) is 5.75 Å². The minimum atomic E-state index is -0.745. The molecule has 1 heterocycles. The largest absolute Gasteiger partial charge is 0.502 e. The summed E-state index contributed by atoms with van der Waals surface area (Å²) >= 11 is 0. The molecule has 0 radical (unpaired) electrons. The zero-order valence-corrected chi connectivity index (χ0v) is 11.4. The second-order valence-corrected chi connectivity index (χ2v) is 4.89. The van der Waals surface area contributed by atoms with Crippen LogP contribution in [-0.2, 0) is 4.74 Å². The third-order valence-electron chi connectivity index (χ3n) is 3.26. The molecular weight excluding hydrogens is 280 g/mol. The van der Waals surface area contributed by atoms with Crippen molar-refractivity contribution in [2.75, 3.05) is 19.7 Å². The molecule has 1 fully saturated rings. The van der Waals surface area contributed by atoms with Crippen molar-refractivity contribution >= 4 is 11.6 Å². The molecule has 114 valence electrons. The van der Waals surface area contributed by atoms with E-state index in [0.29, 0.717) is 0 Å². The number of aliphatic hydroxyl groups is 1. The van der Waals surface area contributed by atoms with Gasteiger partial charge >= 0.3 is 5.69 Å². The van der Waals surface area contributed by atoms with Gasteiger partial charge < -0.3 is 19.8 Å². The molecule has 2 atom stereocenters. The quantitative estimate of drug-likeness (QED) is 0.621. The Kier molecular flexibility index (Phi) is 4.39. The number of phenolic OH excluding ortho intramolecular Hbond substituents is 1. The molecule has 0 spiro atoms. The summed E-state index contributed by atoms with van der Waals surface area (Å²) in [5.41, 5.74) is -0.643. The summed E-state index contributed by atoms with van der Waals surface area (Å²) in [6.45, 7) is 1.99. The van der Waals surface area contributed by atoms with Gasteiger partial charge in [-0.15, -0.1) is 0 Å². The van der Waals surface area contributed by atoms with Gasteiger partial charge in [-0.25, -0.2) is 0 Å². The van der Waals surface area contributed by atoms with Crippen LogP contribution in [0.2, 0.25) is 0 Å². The van der Waals surface area contributed by atoms with Gasteiger partial charge in [0.25, 0.3) is 5.91 Å². The summed E-state index contributed by atoms with van der Waals surface area (Å²) in [7, 11) is 0. The number of nitro benzene ring substituents is 1. The van der Waals surface area contributed by atoms with E-state index >= 15 is 0 Å². The number of morpholine rings is 1. The van der Waals surface area contributed by atoms with E-state index in [0.717, 1.165) is 6.07 Å². The van der Waals surface area contributed by atoms with Crippen LogP contribution in [0.3, 0.4) is 0 Å². The summed E-state index contributed by atoms with van der Waals surface area (Å²) in [4.78, 5) is 23.9. The first-order valence-electron chi connectivity index (χ1n) is 6.46. The van der Waals surface area contributed by atoms with E-state index in [1.165, 1.54) is 17.0 Å². The average molecular weight is 296 g/mol. The van der Waals surface area contributed by atoms with E-state index < -0.39 is 28.4 Å². The Hall–Kier alpha value is -2.19. The molecule has 1 saturated heterocycles. The Morgan fingerprint density at radius 3 is 2.86 bits per heavy atom. The SMILES string of the molecule is CC1CN(C(=O)c2cccc([N+](=O)[O-])c2O)CC(CO)O1. The maximum Gasteiger partial charge on any atom is 0.311 e. The number of carbonyl (C=O) groups excluding carboxylic acids is 1. The van der Waals surface area contributed by atoms with E-state index in [9.17, 15) is 20.0 Å². The van der Waals surface area contributed by atoms with Crippen LogP contribution in [0.25, 0.3) is 0 Å². The third kappa shape index (κ3) is 3.11. The Bertz CT molecular complexity index is 562. The third-order valence-corrected chi connectivity index (χ3v) is 3.26. The maximum atomic E-state index is 12.4. The molecule has 1 aromatic carbocycles. The number of benzene rings is 1. The van der Waals surface area contributed by atoms with Crippen molar-refractivity contribution in [2.45, 2.75) is 19.1 Å². The van der Waals surface area contributed by atoms with Crippen LogP contribution in [0.15, 0.2) is 18.2 Å². The lowest BCUT2D eigenvalue weighted by Crippen LogP contribution is -2.50. The Labute approximate surface area is 120 Å². The molecule has 2 N–H and O–H groups in total. The predicted octanol–water partition coefficient (Wildman–Crippen LogP) is 0.522. The molecule has 1 aromatic rings. The minimum Gasteiger partial charge on any atom is -0.502 e. The highest BCUT2D eigenvalue weighted by Crippen LogP contribution is 2.30. The fourth-order valence-corrected chi connectivity index (χ4v) is 2.33. The maximum absolute atomic E-state index is 12.4. The lowest BCUT2D eigenvalue weighted by atomic mass is 10.1. The Balaban J connectivity index is 2.27. The van der Waals surface area contributed by atoms with Gasteiger partial charge in [0.15, 0.2) is 0 Å². The highest BCUT2D eigenvalue weighted by Gasteiger charge is 2.31. The molecule has 0 aromatic heterocycles. The molecule has 2 rings (SSSR count). The Morgan fingerprint density at radius 1 is 1.52 bits per heavy atom. The number of aliphatic hydroxyl groups excluding tert-OH is 1. The number of para-hydroxylation sites is 1. The zero-order valence-electron chi connectivity index (χ0n) is 11.4. The van der Waals surface area contributed by atoms with Crippen LogP contribution in [0, 0.1) is 10.1 Å². The molecule has 8 heteroatoms. The van der Waals surface area contributed by atoms with Crippen molar-refractivity contribution in [1.82, 2.24) is 4.90 Å². The fraction of sp³-hybridized carbons (Fsp3) is 0.462. The molecule has 2 unspecified atom stereocenters. The van der Waals surface area contributed by atoms with E-state index in [2.05, 4.69) is 0 Å². The van der Waals surface area contributed by atoms with E-state index in [1.807, 2.05) is 0 Å². The summed E-state index contributed by atoms with van der Waals surface area (Å²) < 4.78 is 5.43. The number of aromatic hydroxyl groups is 1. The minimum absolute atomic E-state index is 0.130. The van der Waals surface area contributed by atoms with Crippen molar-refractivity contribution < 1.29 is 24.7 Å². The molecule has 8 nitrogen and oxygen atoms in total. The van der Waals surface area contributed by atoms with Gasteiger partial charge in [0.05, 0.1) is 29.3 Å². The van der Waals surface area contributed by atoms with E-state index in [4.69, 9.17) is 9.84 Å². The molecule has 1 aliphatic rings. The topological polar surface area (TPSA) is 113 Å². The van der Waals surface area contributed by atoms with Crippen molar-refractivity contribution in [2.24, 2.45) is 0 Å². The first-order valence-corrected chi connectivity index (χ1v) is 6.46. The molecule has 1 amide bonds. The normalized spacial score (nSPS) is 22.1. The molecule has 0 aliphatic carbocycles. The highest BCUT2D eigenvalue weighted by molar-refractivity contribution is 5.98. The van der Waals surface area contributed by atoms with E-state index in [1.54, 1.807) is 6.92 Å². The standard InChI is InChI=1S/C13H16N2O6/c1-8-5-14(6-9(7-16)21-8)13(18)10-3-2-4-11(12(10)17)15(19)20/h2-4,8-9,16-17H,5-7H2,1H3. The van der Waals surface area contributed by atoms with Gasteiger partial charge in [0.2, 0.25) is 5.75 Å². The number of carbonyl (C=O) groups is 1. The number of rotatable bonds is 3. The first-order chi connectivity index (χ1) is 9.93. The second-order valence-electron chi connectivity index (χ2n) is 4.89. The second kappa shape index (κ2) is 6.06. The first kappa shape index (κ1) is 15.2. The number of nitro groups is 1. The van der Waals surface area contributed by atoms with Gasteiger partial charge in [-0.3, -0.25) is 14.9 Å². The monoisotopic (exact) mass is 296 g/mol. The number of phenols is 1. The molecule has 0 saturated carbocycles. The molecule has 1 aliphatic heterocycles. The highest BCUT2D eigenvalue weighted by atomic mass is 16.6. The average Bonchev–Trinajstić information content (AvgIpc) is 2.45. The Morgan fingerprint density at radius 2 is 2.24 bits per heavy atom. The number of nitrogens with zero attached hydrogens (tertiary/aromatic N) is 2. The van der Waals surface area contributed by atoms with Crippen LogP contribution >= 0.6 is 0 Å². The number of hydrogen-bond acceptors (Lipinski definition) is 6. The summed E-state index contributed by atoms with van der Waals surface area (Å²) in [6, 6.07) is 3.81. The molecule has 0 bridgehead atoms. The number of ether oxygens (including phenoxy) is 1. The van der Waals surface area contributed by atoms with Gasteiger partial charge in [0, 0.05) is 19.2 Å². The number of amides is 1. The van der Waals surface area contributed by atoms with Crippen LogP contribution in [-0.4, -0.2) is 57.8 Å². The van der Waals surface area contributed by atoms with Crippen molar-refractivity contribution in [3.05, 3.63) is 33.9 Å². The van der Waals surface area contributed by atoms with Crippen LogP contribution < -0.4 is 0 Å². The summed E-state index contributed by atoms with van der Waals surface area (Å²) in [5, 5.41) is 29.8. The van der Waals surface area contributed by atoms with Crippen molar-refractivity contribution in [1.29, 1.82) is 0 Å². The lowest BCUT2D eigenvalue weighted by molar-refractivity contribution is -0.385. The fourth-order valence-electron chi connectivity index (χ4n) is 2.33. The van der Waals surface area contributed by atoms with Crippen molar-refractivity contribution in [3.63, 3.8) is 0 Å². The number of hydrogen-bond donors (Lipinski definition) is 2. The van der Waals surface area contributed by atoms with Crippen LogP contribution in [0.4, 0.5) is 5.69 Å². The molecular formula is C13H16N2O6. The zero-order chi connectivity index (χ0) is 15.6. The van der Waals surface area contributed by atoms with Crippen LogP contribution in [0.5, 0.6) is 5.75 Å². The lowest BCUT2D eigenvalue weighted by Gasteiger charge is -2.36. The smallest absolute Gasteiger partial charge is 0.311 e. The summed E-state index contributed by atoms with van der Waals surface area (Å²) in [6.07, 6.45) is -0.765. The van der Waals surface area contributed by atoms with Gasteiger partial charge in [-0.2, -0.15) is 0 Å².